The first-order valence-corrected chi connectivity index (χ1v) is 5.06. The van der Waals surface area contributed by atoms with Crippen LogP contribution in [0.2, 0.25) is 0 Å². The van der Waals surface area contributed by atoms with Crippen LogP contribution in [0.3, 0.4) is 0 Å². The van der Waals surface area contributed by atoms with Gasteiger partial charge in [-0.15, -0.1) is 0 Å². The van der Waals surface area contributed by atoms with E-state index < -0.39 is 16.9 Å². The van der Waals surface area contributed by atoms with Crippen LogP contribution in [0.4, 0.5) is 11.4 Å². The van der Waals surface area contributed by atoms with E-state index >= 15 is 0 Å². The highest BCUT2D eigenvalue weighted by Gasteiger charge is 2.22. The van der Waals surface area contributed by atoms with Crippen molar-refractivity contribution in [2.45, 2.75) is 19.9 Å². The normalized spacial score (nSPS) is 11.9. The fourth-order valence-corrected chi connectivity index (χ4v) is 1.57. The molecule has 0 fully saturated rings. The Hall–Kier alpha value is -2.11. The summed E-state index contributed by atoms with van der Waals surface area (Å²) in [5.41, 5.74) is 1.01. The molecule has 1 aromatic rings. The number of carbonyl (C=O) groups is 1. The monoisotopic (exact) mass is 238 g/mol. The van der Waals surface area contributed by atoms with Gasteiger partial charge in [0.2, 0.25) is 0 Å². The first-order valence-electron chi connectivity index (χ1n) is 5.06. The van der Waals surface area contributed by atoms with Gasteiger partial charge in [-0.25, -0.2) is 4.79 Å². The average Bonchev–Trinajstić information content (AvgIpc) is 2.26. The van der Waals surface area contributed by atoms with Crippen LogP contribution in [0, 0.1) is 17.0 Å². The summed E-state index contributed by atoms with van der Waals surface area (Å²) in [6, 6.07) is 3.88. The molecule has 1 unspecified atom stereocenters. The van der Waals surface area contributed by atoms with Gasteiger partial charge >= 0.3 is 5.97 Å². The molecule has 0 aliphatic heterocycles. The van der Waals surface area contributed by atoms with Crippen molar-refractivity contribution in [1.82, 2.24) is 0 Å². The van der Waals surface area contributed by atoms with Gasteiger partial charge in [0.05, 0.1) is 10.5 Å². The van der Waals surface area contributed by atoms with E-state index in [0.717, 1.165) is 0 Å². The van der Waals surface area contributed by atoms with Crippen molar-refractivity contribution in [3.8, 4) is 0 Å². The van der Waals surface area contributed by atoms with Gasteiger partial charge in [0.15, 0.2) is 0 Å². The Balaban J connectivity index is 3.19. The highest BCUT2D eigenvalue weighted by atomic mass is 16.6. The number of nitro benzene ring substituents is 1. The molecule has 0 spiro atoms. The topological polar surface area (TPSA) is 83.7 Å². The molecule has 0 radical (unpaired) electrons. The molecule has 0 aliphatic rings. The molecule has 1 rings (SSSR count). The van der Waals surface area contributed by atoms with E-state index in [2.05, 4.69) is 0 Å². The van der Waals surface area contributed by atoms with Crippen LogP contribution in [0.25, 0.3) is 0 Å². The van der Waals surface area contributed by atoms with Crippen LogP contribution in [0.5, 0.6) is 0 Å². The second-order valence-corrected chi connectivity index (χ2v) is 3.80. The number of hydrogen-bond donors (Lipinski definition) is 1. The summed E-state index contributed by atoms with van der Waals surface area (Å²) in [5.74, 6) is -0.974. The van der Waals surface area contributed by atoms with Crippen molar-refractivity contribution in [1.29, 1.82) is 0 Å². The Morgan fingerprint density at radius 1 is 1.53 bits per heavy atom. The number of nitro groups is 1. The van der Waals surface area contributed by atoms with Crippen molar-refractivity contribution < 1.29 is 14.8 Å². The summed E-state index contributed by atoms with van der Waals surface area (Å²) in [4.78, 5) is 22.7. The molecule has 6 nitrogen and oxygen atoms in total. The lowest BCUT2D eigenvalue weighted by Gasteiger charge is -2.25. The van der Waals surface area contributed by atoms with Gasteiger partial charge < -0.3 is 10.0 Å². The lowest BCUT2D eigenvalue weighted by Crippen LogP contribution is -2.36. The van der Waals surface area contributed by atoms with Gasteiger partial charge in [0.1, 0.15) is 6.04 Å². The number of rotatable bonds is 4. The SMILES string of the molecule is Cc1c(N(C)C(C)C(=O)O)cccc1[N+](=O)[O-]. The number of hydrogen-bond acceptors (Lipinski definition) is 4. The van der Waals surface area contributed by atoms with Crippen LogP contribution in [-0.2, 0) is 4.79 Å². The predicted molar refractivity (Wildman–Crippen MR) is 63.3 cm³/mol. The van der Waals surface area contributed by atoms with E-state index in [1.54, 1.807) is 26.1 Å². The van der Waals surface area contributed by atoms with E-state index in [9.17, 15) is 14.9 Å². The molecule has 6 heteroatoms. The van der Waals surface area contributed by atoms with Crippen LogP contribution < -0.4 is 4.90 Å². The molecule has 0 amide bonds. The molecular formula is C11H14N2O4. The van der Waals surface area contributed by atoms with Gasteiger partial charge in [-0.3, -0.25) is 10.1 Å². The number of carboxylic acids is 1. The van der Waals surface area contributed by atoms with Gasteiger partial charge in [0, 0.05) is 18.8 Å². The highest BCUT2D eigenvalue weighted by molar-refractivity contribution is 5.78. The maximum Gasteiger partial charge on any atom is 0.326 e. The molecule has 1 atom stereocenters. The summed E-state index contributed by atoms with van der Waals surface area (Å²) in [6.45, 7) is 3.14. The zero-order valence-corrected chi connectivity index (χ0v) is 9.88. The second-order valence-electron chi connectivity index (χ2n) is 3.80. The molecule has 1 N–H and O–H groups in total. The third-order valence-electron chi connectivity index (χ3n) is 2.79. The van der Waals surface area contributed by atoms with E-state index in [0.29, 0.717) is 11.3 Å². The van der Waals surface area contributed by atoms with E-state index in [1.807, 2.05) is 0 Å². The van der Waals surface area contributed by atoms with Crippen LogP contribution >= 0.6 is 0 Å². The number of benzene rings is 1. The van der Waals surface area contributed by atoms with Crippen molar-refractivity contribution in [3.63, 3.8) is 0 Å². The quantitative estimate of drug-likeness (QED) is 0.638. The van der Waals surface area contributed by atoms with Gasteiger partial charge in [-0.2, -0.15) is 0 Å². The molecular weight excluding hydrogens is 224 g/mol. The summed E-state index contributed by atoms with van der Waals surface area (Å²) in [5, 5.41) is 19.7. The largest absolute Gasteiger partial charge is 0.480 e. The third kappa shape index (κ3) is 2.52. The van der Waals surface area contributed by atoms with E-state index in [1.165, 1.54) is 17.9 Å². The summed E-state index contributed by atoms with van der Waals surface area (Å²) in [6.07, 6.45) is 0. The molecule has 0 aromatic heterocycles. The second kappa shape index (κ2) is 4.82. The lowest BCUT2D eigenvalue weighted by atomic mass is 10.1. The third-order valence-corrected chi connectivity index (χ3v) is 2.79. The molecule has 0 heterocycles. The van der Waals surface area contributed by atoms with Crippen LogP contribution in [-0.4, -0.2) is 29.1 Å². The van der Waals surface area contributed by atoms with Gasteiger partial charge in [0.25, 0.3) is 5.69 Å². The zero-order valence-electron chi connectivity index (χ0n) is 9.88. The minimum atomic E-state index is -0.974. The smallest absolute Gasteiger partial charge is 0.326 e. The average molecular weight is 238 g/mol. The fourth-order valence-electron chi connectivity index (χ4n) is 1.57. The minimum absolute atomic E-state index is 0.00746. The van der Waals surface area contributed by atoms with Crippen LogP contribution in [0.1, 0.15) is 12.5 Å². The Labute approximate surface area is 98.6 Å². The first kappa shape index (κ1) is 13.0. The minimum Gasteiger partial charge on any atom is -0.480 e. The number of likely N-dealkylation sites (N-methyl/N-ethyl adjacent to an activating group) is 1. The summed E-state index contributed by atoms with van der Waals surface area (Å²) in [7, 11) is 1.60. The molecule has 0 bridgehead atoms. The Morgan fingerprint density at radius 3 is 2.59 bits per heavy atom. The number of nitrogens with zero attached hydrogens (tertiary/aromatic N) is 2. The summed E-state index contributed by atoms with van der Waals surface area (Å²) >= 11 is 0. The van der Waals surface area contributed by atoms with Gasteiger partial charge in [-0.05, 0) is 19.9 Å². The van der Waals surface area contributed by atoms with E-state index in [-0.39, 0.29) is 5.69 Å². The Morgan fingerprint density at radius 2 is 2.12 bits per heavy atom. The number of aliphatic carboxylic acids is 1. The maximum absolute atomic E-state index is 10.9. The molecule has 17 heavy (non-hydrogen) atoms. The predicted octanol–water partition coefficient (Wildman–Crippen LogP) is 1.81. The van der Waals surface area contributed by atoms with Gasteiger partial charge in [-0.1, -0.05) is 6.07 Å². The fraction of sp³-hybridized carbons (Fsp3) is 0.364. The van der Waals surface area contributed by atoms with Crippen molar-refractivity contribution >= 4 is 17.3 Å². The van der Waals surface area contributed by atoms with Crippen LogP contribution in [0.15, 0.2) is 18.2 Å². The zero-order chi connectivity index (χ0) is 13.2. The Kier molecular flexibility index (Phi) is 3.67. The molecule has 0 aliphatic carbocycles. The highest BCUT2D eigenvalue weighted by Crippen LogP contribution is 2.28. The molecule has 0 saturated heterocycles. The Bertz CT molecular complexity index is 459. The van der Waals surface area contributed by atoms with Crippen molar-refractivity contribution in [2.24, 2.45) is 0 Å². The molecule has 92 valence electrons. The lowest BCUT2D eigenvalue weighted by molar-refractivity contribution is -0.385. The van der Waals surface area contributed by atoms with Crippen molar-refractivity contribution in [2.75, 3.05) is 11.9 Å². The number of carboxylic acid groups (broad SMARTS) is 1. The summed E-state index contributed by atoms with van der Waals surface area (Å²) < 4.78 is 0. The molecule has 0 saturated carbocycles. The van der Waals surface area contributed by atoms with E-state index in [4.69, 9.17) is 5.11 Å². The molecule has 1 aromatic carbocycles. The standard InChI is InChI=1S/C11H14N2O4/c1-7-9(12(3)8(2)11(14)15)5-4-6-10(7)13(16)17/h4-6,8H,1-3H3,(H,14,15). The first-order chi connectivity index (χ1) is 7.86. The number of anilines is 1. The maximum atomic E-state index is 10.9. The van der Waals surface area contributed by atoms with Crippen molar-refractivity contribution in [3.05, 3.63) is 33.9 Å².